The SMILES string of the molecule is Cc1cc2nc(C)c(CCC(=O)Nc3ccc4c(c3)C(=O)N(C)C4=O)c(C)n2n1. The Morgan fingerprint density at radius 2 is 1.79 bits per heavy atom. The van der Waals surface area contributed by atoms with E-state index in [1.807, 2.05) is 26.8 Å². The molecule has 3 heterocycles. The molecule has 0 bridgehead atoms. The number of fused-ring (bicyclic) bond motifs is 2. The molecular formula is C21H21N5O3. The Kier molecular flexibility index (Phi) is 4.41. The Bertz CT molecular complexity index is 1190. The smallest absolute Gasteiger partial charge is 0.261 e. The highest BCUT2D eigenvalue weighted by molar-refractivity contribution is 6.21. The summed E-state index contributed by atoms with van der Waals surface area (Å²) in [6, 6.07) is 6.68. The van der Waals surface area contributed by atoms with Crippen molar-refractivity contribution in [3.8, 4) is 0 Å². The maximum atomic E-state index is 12.5. The van der Waals surface area contributed by atoms with E-state index in [-0.39, 0.29) is 24.1 Å². The molecule has 0 unspecified atom stereocenters. The number of aromatic nitrogens is 3. The van der Waals surface area contributed by atoms with Crippen molar-refractivity contribution in [2.24, 2.45) is 0 Å². The molecule has 148 valence electrons. The maximum Gasteiger partial charge on any atom is 0.261 e. The van der Waals surface area contributed by atoms with Crippen molar-refractivity contribution in [1.82, 2.24) is 19.5 Å². The highest BCUT2D eigenvalue weighted by Crippen LogP contribution is 2.25. The number of benzene rings is 1. The zero-order valence-corrected chi connectivity index (χ0v) is 16.7. The Morgan fingerprint density at radius 3 is 2.55 bits per heavy atom. The molecular weight excluding hydrogens is 370 g/mol. The summed E-state index contributed by atoms with van der Waals surface area (Å²) in [6.45, 7) is 5.83. The summed E-state index contributed by atoms with van der Waals surface area (Å²) < 4.78 is 1.80. The molecule has 1 N–H and O–H groups in total. The molecule has 0 saturated heterocycles. The van der Waals surface area contributed by atoms with Crippen LogP contribution in [-0.2, 0) is 11.2 Å². The Labute approximate surface area is 167 Å². The molecule has 1 aliphatic heterocycles. The Hall–Kier alpha value is -3.55. The average Bonchev–Trinajstić information content (AvgIpc) is 3.14. The highest BCUT2D eigenvalue weighted by Gasteiger charge is 2.32. The maximum absolute atomic E-state index is 12.5. The van der Waals surface area contributed by atoms with Crippen LogP contribution >= 0.6 is 0 Å². The van der Waals surface area contributed by atoms with Crippen LogP contribution in [0.25, 0.3) is 5.65 Å². The number of carbonyl (C=O) groups is 3. The zero-order valence-electron chi connectivity index (χ0n) is 16.7. The molecule has 0 spiro atoms. The number of carbonyl (C=O) groups excluding carboxylic acids is 3. The Balaban J connectivity index is 1.49. The number of anilines is 1. The second-order valence-corrected chi connectivity index (χ2v) is 7.29. The lowest BCUT2D eigenvalue weighted by Gasteiger charge is -2.11. The van der Waals surface area contributed by atoms with Crippen molar-refractivity contribution in [1.29, 1.82) is 0 Å². The molecule has 0 fully saturated rings. The zero-order chi connectivity index (χ0) is 20.9. The van der Waals surface area contributed by atoms with Crippen molar-refractivity contribution in [3.05, 3.63) is 58.0 Å². The number of nitrogens with one attached hydrogen (secondary N) is 1. The van der Waals surface area contributed by atoms with Gasteiger partial charge in [0.25, 0.3) is 11.8 Å². The van der Waals surface area contributed by atoms with Crippen LogP contribution in [0.4, 0.5) is 5.69 Å². The molecule has 0 saturated carbocycles. The van der Waals surface area contributed by atoms with Crippen molar-refractivity contribution >= 4 is 29.1 Å². The molecule has 8 heteroatoms. The molecule has 3 amide bonds. The van der Waals surface area contributed by atoms with Gasteiger partial charge in [-0.15, -0.1) is 0 Å². The summed E-state index contributed by atoms with van der Waals surface area (Å²) in [7, 11) is 1.44. The van der Waals surface area contributed by atoms with Gasteiger partial charge in [0.15, 0.2) is 5.65 Å². The van der Waals surface area contributed by atoms with Gasteiger partial charge >= 0.3 is 0 Å². The van der Waals surface area contributed by atoms with Crippen LogP contribution in [0, 0.1) is 20.8 Å². The summed E-state index contributed by atoms with van der Waals surface area (Å²) in [5.74, 6) is -0.863. The number of rotatable bonds is 4. The molecule has 8 nitrogen and oxygen atoms in total. The van der Waals surface area contributed by atoms with E-state index < -0.39 is 0 Å². The third-order valence-electron chi connectivity index (χ3n) is 5.26. The number of nitrogens with zero attached hydrogens (tertiary/aromatic N) is 4. The van der Waals surface area contributed by atoms with Gasteiger partial charge in [0, 0.05) is 36.6 Å². The van der Waals surface area contributed by atoms with Crippen LogP contribution in [0.15, 0.2) is 24.3 Å². The fraction of sp³-hybridized carbons (Fsp3) is 0.286. The molecule has 0 aliphatic carbocycles. The molecule has 29 heavy (non-hydrogen) atoms. The van der Waals surface area contributed by atoms with Gasteiger partial charge in [0.2, 0.25) is 5.91 Å². The molecule has 0 atom stereocenters. The van der Waals surface area contributed by atoms with Crippen molar-refractivity contribution in [3.63, 3.8) is 0 Å². The normalized spacial score (nSPS) is 13.3. The van der Waals surface area contributed by atoms with Crippen molar-refractivity contribution in [2.75, 3.05) is 12.4 Å². The van der Waals surface area contributed by atoms with E-state index in [0.717, 1.165) is 33.2 Å². The van der Waals surface area contributed by atoms with Gasteiger partial charge in [0.05, 0.1) is 16.8 Å². The van der Waals surface area contributed by atoms with Crippen molar-refractivity contribution < 1.29 is 14.4 Å². The van der Waals surface area contributed by atoms with Crippen LogP contribution < -0.4 is 5.32 Å². The molecule has 3 aromatic rings. The predicted molar refractivity (Wildman–Crippen MR) is 107 cm³/mol. The minimum Gasteiger partial charge on any atom is -0.326 e. The van der Waals surface area contributed by atoms with Crippen LogP contribution in [0.5, 0.6) is 0 Å². The first-order chi connectivity index (χ1) is 13.8. The second-order valence-electron chi connectivity index (χ2n) is 7.29. The lowest BCUT2D eigenvalue weighted by molar-refractivity contribution is -0.116. The summed E-state index contributed by atoms with van der Waals surface area (Å²) in [4.78, 5) is 42.2. The van der Waals surface area contributed by atoms with E-state index in [4.69, 9.17) is 0 Å². The van der Waals surface area contributed by atoms with Gasteiger partial charge in [0.1, 0.15) is 0 Å². The third kappa shape index (κ3) is 3.16. The quantitative estimate of drug-likeness (QED) is 0.689. The Morgan fingerprint density at radius 1 is 1.07 bits per heavy atom. The summed E-state index contributed by atoms with van der Waals surface area (Å²) in [6.07, 6.45) is 0.787. The molecule has 4 rings (SSSR count). The van der Waals surface area contributed by atoms with E-state index >= 15 is 0 Å². The number of hydrogen-bond donors (Lipinski definition) is 1. The second kappa shape index (κ2) is 6.80. The first-order valence-electron chi connectivity index (χ1n) is 9.35. The molecule has 2 aromatic heterocycles. The van der Waals surface area contributed by atoms with Gasteiger partial charge in [-0.1, -0.05) is 0 Å². The minimum atomic E-state index is -0.360. The van der Waals surface area contributed by atoms with Crippen LogP contribution in [0.1, 0.15) is 49.8 Å². The lowest BCUT2D eigenvalue weighted by Crippen LogP contribution is -2.24. The largest absolute Gasteiger partial charge is 0.326 e. The van der Waals surface area contributed by atoms with E-state index in [9.17, 15) is 14.4 Å². The molecule has 1 aromatic carbocycles. The first-order valence-corrected chi connectivity index (χ1v) is 9.35. The third-order valence-corrected chi connectivity index (χ3v) is 5.26. The summed E-state index contributed by atoms with van der Waals surface area (Å²) >= 11 is 0. The van der Waals surface area contributed by atoms with Gasteiger partial charge in [-0.3, -0.25) is 19.3 Å². The topological polar surface area (TPSA) is 96.7 Å². The molecule has 0 radical (unpaired) electrons. The van der Waals surface area contributed by atoms with E-state index in [2.05, 4.69) is 15.4 Å². The van der Waals surface area contributed by atoms with Crippen molar-refractivity contribution in [2.45, 2.75) is 33.6 Å². The standard InChI is InChI=1S/C21H21N5O3/c1-11-9-18-22-12(2)15(13(3)26(18)24-11)7-8-19(27)23-14-5-6-16-17(10-14)21(29)25(4)20(16)28/h5-6,9-10H,7-8H2,1-4H3,(H,23,27). The van der Waals surface area contributed by atoms with Crippen LogP contribution in [0.3, 0.4) is 0 Å². The number of amides is 3. The average molecular weight is 391 g/mol. The van der Waals surface area contributed by atoms with E-state index in [0.29, 0.717) is 23.2 Å². The summed E-state index contributed by atoms with van der Waals surface area (Å²) in [5, 5.41) is 7.26. The highest BCUT2D eigenvalue weighted by atomic mass is 16.2. The fourth-order valence-electron chi connectivity index (χ4n) is 3.70. The first kappa shape index (κ1) is 18.8. The fourth-order valence-corrected chi connectivity index (χ4v) is 3.70. The van der Waals surface area contributed by atoms with Crippen LogP contribution in [-0.4, -0.2) is 44.3 Å². The van der Waals surface area contributed by atoms with Gasteiger partial charge in [-0.25, -0.2) is 9.50 Å². The number of imide groups is 1. The van der Waals surface area contributed by atoms with E-state index in [1.54, 1.807) is 22.7 Å². The summed E-state index contributed by atoms with van der Waals surface area (Å²) in [5.41, 5.74) is 5.70. The van der Waals surface area contributed by atoms with E-state index in [1.165, 1.54) is 7.05 Å². The van der Waals surface area contributed by atoms with Gasteiger partial charge in [-0.05, 0) is 51.0 Å². The van der Waals surface area contributed by atoms with Gasteiger partial charge < -0.3 is 5.32 Å². The lowest BCUT2D eigenvalue weighted by atomic mass is 10.1. The van der Waals surface area contributed by atoms with Crippen LogP contribution in [0.2, 0.25) is 0 Å². The monoisotopic (exact) mass is 391 g/mol. The van der Waals surface area contributed by atoms with Gasteiger partial charge in [-0.2, -0.15) is 5.10 Å². The number of hydrogen-bond acceptors (Lipinski definition) is 5. The minimum absolute atomic E-state index is 0.175. The predicted octanol–water partition coefficient (Wildman–Crippen LogP) is 2.45. The molecule has 1 aliphatic rings. The number of aryl methyl sites for hydroxylation is 3.